The zero-order chi connectivity index (χ0) is 12.6. The number of aromatic hydroxyl groups is 1. The molecule has 1 aliphatic carbocycles. The lowest BCUT2D eigenvalue weighted by Crippen LogP contribution is -2.34. The Morgan fingerprint density at radius 2 is 2.12 bits per heavy atom. The molecule has 1 N–H and O–H groups in total. The Morgan fingerprint density at radius 1 is 1.47 bits per heavy atom. The molecule has 1 fully saturated rings. The fourth-order valence-corrected chi connectivity index (χ4v) is 2.17. The lowest BCUT2D eigenvalue weighted by molar-refractivity contribution is 0.237. The van der Waals surface area contributed by atoms with E-state index in [1.54, 1.807) is 0 Å². The number of carbonyl (C=O) groups excluding carboxylic acids is 1. The maximum Gasteiger partial charge on any atom is 0.235 e. The first-order chi connectivity index (χ1) is 8.02. The molecule has 0 radical (unpaired) electrons. The average Bonchev–Trinajstić information content (AvgIpc) is 2.22. The molecule has 0 heterocycles. The topological polar surface area (TPSA) is 49.7 Å². The Kier molecular flexibility index (Phi) is 2.89. The van der Waals surface area contributed by atoms with Crippen molar-refractivity contribution in [3.63, 3.8) is 0 Å². The van der Waals surface area contributed by atoms with Gasteiger partial charge in [-0.05, 0) is 19.3 Å². The van der Waals surface area contributed by atoms with E-state index < -0.39 is 27.9 Å². The van der Waals surface area contributed by atoms with Crippen molar-refractivity contribution >= 4 is 17.7 Å². The number of aliphatic imine (C=N–C) groups is 1. The first-order valence-electron chi connectivity index (χ1n) is 4.98. The summed E-state index contributed by atoms with van der Waals surface area (Å²) in [5.41, 5.74) is -1.58. The fraction of sp³-hybridized carbons (Fsp3) is 0.364. The first-order valence-corrected chi connectivity index (χ1v) is 5.35. The number of hydrogen-bond acceptors (Lipinski definition) is 3. The summed E-state index contributed by atoms with van der Waals surface area (Å²) in [5.74, 6) is -2.69. The van der Waals surface area contributed by atoms with Crippen LogP contribution >= 0.6 is 11.6 Å². The van der Waals surface area contributed by atoms with E-state index in [1.807, 2.05) is 0 Å². The fourth-order valence-electron chi connectivity index (χ4n) is 2.03. The highest BCUT2D eigenvalue weighted by molar-refractivity contribution is 6.32. The predicted octanol–water partition coefficient (Wildman–Crippen LogP) is 3.04. The van der Waals surface area contributed by atoms with Gasteiger partial charge in [0.15, 0.2) is 5.82 Å². The number of rotatable bonds is 2. The molecular formula is C11H8ClF2NO2. The van der Waals surface area contributed by atoms with Gasteiger partial charge in [0.05, 0.1) is 5.56 Å². The van der Waals surface area contributed by atoms with Crippen LogP contribution in [0.4, 0.5) is 8.78 Å². The standard InChI is InChI=1S/C11H8ClF2NO2/c12-9-7(17)4-6(13)8(10(9)14)11(15-5-16)2-1-3-11/h4,17H,1-3H2. The Bertz CT molecular complexity index is 523. The molecule has 0 aliphatic heterocycles. The van der Waals surface area contributed by atoms with Gasteiger partial charge in [-0.1, -0.05) is 11.6 Å². The van der Waals surface area contributed by atoms with Crippen molar-refractivity contribution in [1.82, 2.24) is 0 Å². The van der Waals surface area contributed by atoms with E-state index in [0.717, 1.165) is 6.07 Å². The number of benzene rings is 1. The van der Waals surface area contributed by atoms with Gasteiger partial charge in [0.25, 0.3) is 0 Å². The smallest absolute Gasteiger partial charge is 0.235 e. The second-order valence-electron chi connectivity index (χ2n) is 3.97. The number of halogens is 3. The summed E-state index contributed by atoms with van der Waals surface area (Å²) in [5, 5.41) is 8.61. The maximum absolute atomic E-state index is 13.8. The molecule has 1 aliphatic rings. The van der Waals surface area contributed by atoms with Gasteiger partial charge in [0.2, 0.25) is 6.08 Å². The minimum atomic E-state index is -1.22. The third-order valence-corrected chi connectivity index (χ3v) is 3.40. The molecule has 0 spiro atoms. The molecule has 90 valence electrons. The van der Waals surface area contributed by atoms with Crippen molar-refractivity contribution in [1.29, 1.82) is 0 Å². The van der Waals surface area contributed by atoms with Gasteiger partial charge in [-0.25, -0.2) is 13.6 Å². The Hall–Kier alpha value is -1.45. The van der Waals surface area contributed by atoms with Crippen molar-refractivity contribution in [2.24, 2.45) is 4.99 Å². The average molecular weight is 260 g/mol. The van der Waals surface area contributed by atoms with E-state index in [1.165, 1.54) is 6.08 Å². The van der Waals surface area contributed by atoms with Crippen LogP contribution in [0.5, 0.6) is 5.75 Å². The van der Waals surface area contributed by atoms with Crippen molar-refractivity contribution in [2.45, 2.75) is 24.8 Å². The van der Waals surface area contributed by atoms with Crippen molar-refractivity contribution in [3.05, 3.63) is 28.3 Å². The van der Waals surface area contributed by atoms with Gasteiger partial charge in [-0.15, -0.1) is 0 Å². The van der Waals surface area contributed by atoms with Gasteiger partial charge in [-0.3, -0.25) is 0 Å². The highest BCUT2D eigenvalue weighted by atomic mass is 35.5. The van der Waals surface area contributed by atoms with Gasteiger partial charge >= 0.3 is 0 Å². The van der Waals surface area contributed by atoms with Crippen LogP contribution < -0.4 is 0 Å². The monoisotopic (exact) mass is 259 g/mol. The van der Waals surface area contributed by atoms with Crippen molar-refractivity contribution in [2.75, 3.05) is 0 Å². The second-order valence-corrected chi connectivity index (χ2v) is 4.35. The van der Waals surface area contributed by atoms with Gasteiger partial charge in [-0.2, -0.15) is 4.99 Å². The van der Waals surface area contributed by atoms with E-state index in [2.05, 4.69) is 4.99 Å². The summed E-state index contributed by atoms with van der Waals surface area (Å²) in [7, 11) is 0. The van der Waals surface area contributed by atoms with Crippen molar-refractivity contribution in [3.8, 4) is 5.75 Å². The van der Waals surface area contributed by atoms with Crippen LogP contribution in [-0.4, -0.2) is 11.2 Å². The van der Waals surface area contributed by atoms with E-state index in [4.69, 9.17) is 11.6 Å². The molecule has 2 rings (SSSR count). The van der Waals surface area contributed by atoms with E-state index in [9.17, 15) is 18.7 Å². The minimum Gasteiger partial charge on any atom is -0.506 e. The third kappa shape index (κ3) is 1.72. The SMILES string of the molecule is O=C=NC1(c2c(F)cc(O)c(Cl)c2F)CCC1. The van der Waals surface area contributed by atoms with Crippen molar-refractivity contribution < 1.29 is 18.7 Å². The van der Waals surface area contributed by atoms with E-state index in [0.29, 0.717) is 19.3 Å². The summed E-state index contributed by atoms with van der Waals surface area (Å²) in [6.07, 6.45) is 2.76. The number of phenolic OH excluding ortho intramolecular Hbond substituents is 1. The summed E-state index contributed by atoms with van der Waals surface area (Å²) >= 11 is 5.51. The number of isocyanates is 1. The quantitative estimate of drug-likeness (QED) is 0.504. The first kappa shape index (κ1) is 12.0. The molecule has 0 saturated heterocycles. The highest BCUT2D eigenvalue weighted by Crippen LogP contribution is 2.48. The number of nitrogens with zero attached hydrogens (tertiary/aromatic N) is 1. The van der Waals surface area contributed by atoms with Crippen LogP contribution in [0.25, 0.3) is 0 Å². The van der Waals surface area contributed by atoms with E-state index in [-0.39, 0.29) is 5.56 Å². The lowest BCUT2D eigenvalue weighted by Gasteiger charge is -2.37. The molecule has 0 unspecified atom stereocenters. The van der Waals surface area contributed by atoms with Crippen LogP contribution in [0, 0.1) is 11.6 Å². The van der Waals surface area contributed by atoms with Crippen LogP contribution in [0.3, 0.4) is 0 Å². The lowest BCUT2D eigenvalue weighted by atomic mass is 9.72. The van der Waals surface area contributed by atoms with Crippen LogP contribution in [0.1, 0.15) is 24.8 Å². The summed E-state index contributed by atoms with van der Waals surface area (Å²) in [6.45, 7) is 0. The molecule has 1 saturated carbocycles. The van der Waals surface area contributed by atoms with Gasteiger partial charge in [0, 0.05) is 6.07 Å². The Balaban J connectivity index is 2.66. The highest BCUT2D eigenvalue weighted by Gasteiger charge is 2.44. The predicted molar refractivity (Wildman–Crippen MR) is 56.7 cm³/mol. The molecule has 3 nitrogen and oxygen atoms in total. The molecule has 0 aromatic heterocycles. The summed E-state index contributed by atoms with van der Waals surface area (Å²) in [4.78, 5) is 13.8. The zero-order valence-corrected chi connectivity index (χ0v) is 9.39. The van der Waals surface area contributed by atoms with Crippen LogP contribution in [0.15, 0.2) is 11.1 Å². The maximum atomic E-state index is 13.8. The summed E-state index contributed by atoms with van der Waals surface area (Å²) in [6, 6.07) is 0.723. The zero-order valence-electron chi connectivity index (χ0n) is 8.64. The molecule has 0 atom stereocenters. The molecule has 0 bridgehead atoms. The minimum absolute atomic E-state index is 0.358. The molecule has 17 heavy (non-hydrogen) atoms. The Labute approximate surface area is 101 Å². The summed E-state index contributed by atoms with van der Waals surface area (Å²) < 4.78 is 27.5. The normalized spacial score (nSPS) is 17.1. The molecule has 1 aromatic rings. The van der Waals surface area contributed by atoms with E-state index >= 15 is 0 Å². The van der Waals surface area contributed by atoms with Crippen LogP contribution in [0.2, 0.25) is 5.02 Å². The molecule has 1 aromatic carbocycles. The third-order valence-electron chi connectivity index (χ3n) is 3.05. The van der Waals surface area contributed by atoms with Gasteiger partial charge < -0.3 is 5.11 Å². The molecule has 6 heteroatoms. The van der Waals surface area contributed by atoms with Gasteiger partial charge in [0.1, 0.15) is 22.1 Å². The van der Waals surface area contributed by atoms with Crippen LogP contribution in [-0.2, 0) is 10.3 Å². The number of hydrogen-bond donors (Lipinski definition) is 1. The Morgan fingerprint density at radius 3 is 2.59 bits per heavy atom. The molecular weight excluding hydrogens is 252 g/mol. The largest absolute Gasteiger partial charge is 0.506 e. The second kappa shape index (κ2) is 4.09. The number of phenols is 1. The molecule has 0 amide bonds.